The molecule has 6 heteroatoms. The molecule has 0 spiro atoms. The molecule has 0 radical (unpaired) electrons. The number of ether oxygens (including phenoxy) is 2. The Kier molecular flexibility index (Phi) is 4.40. The van der Waals surface area contributed by atoms with Crippen molar-refractivity contribution >= 4 is 12.2 Å². The first kappa shape index (κ1) is 14.9. The van der Waals surface area contributed by atoms with Crippen LogP contribution in [0.1, 0.15) is 34.1 Å². The quantitative estimate of drug-likeness (QED) is 0.796. The maximum Gasteiger partial charge on any atom is 0.410 e. The predicted octanol–water partition coefficient (Wildman–Crippen LogP) is 2.08. The van der Waals surface area contributed by atoms with Crippen molar-refractivity contribution in [2.45, 2.75) is 52.3 Å². The molecule has 2 rings (SSSR count). The van der Waals surface area contributed by atoms with Crippen molar-refractivity contribution < 1.29 is 19.1 Å². The van der Waals surface area contributed by atoms with Crippen molar-refractivity contribution in [3.05, 3.63) is 0 Å². The molecule has 6 nitrogen and oxygen atoms in total. The van der Waals surface area contributed by atoms with Crippen molar-refractivity contribution in [3.63, 3.8) is 0 Å². The van der Waals surface area contributed by atoms with E-state index in [4.69, 9.17) is 9.47 Å². The minimum Gasteiger partial charge on any atom is -0.449 e. The maximum absolute atomic E-state index is 12.0. The van der Waals surface area contributed by atoms with Gasteiger partial charge in [-0.15, -0.1) is 0 Å². The summed E-state index contributed by atoms with van der Waals surface area (Å²) in [7, 11) is 0. The Balaban J connectivity index is 1.85. The van der Waals surface area contributed by atoms with Gasteiger partial charge in [-0.25, -0.2) is 9.59 Å². The number of piperazine rings is 1. The second kappa shape index (κ2) is 5.89. The lowest BCUT2D eigenvalue weighted by Gasteiger charge is -2.33. The Morgan fingerprint density at radius 2 is 1.60 bits per heavy atom. The van der Waals surface area contributed by atoms with Crippen molar-refractivity contribution in [3.8, 4) is 0 Å². The van der Waals surface area contributed by atoms with Gasteiger partial charge in [-0.05, 0) is 26.2 Å². The standard InChI is InChI=1S/C14H24N2O4/c1-9(2)8-19-13(17)15-6-12-5-11(15)7-16(12)14(18)20-10(3)4/h9-12H,5-8H2,1-4H3. The number of amides is 2. The van der Waals surface area contributed by atoms with Crippen molar-refractivity contribution in [1.82, 2.24) is 9.80 Å². The monoisotopic (exact) mass is 284 g/mol. The molecule has 2 heterocycles. The number of carbonyl (C=O) groups excluding carboxylic acids is 2. The summed E-state index contributed by atoms with van der Waals surface area (Å²) in [6.45, 7) is 9.22. The molecule has 2 unspecified atom stereocenters. The lowest BCUT2D eigenvalue weighted by Crippen LogP contribution is -2.51. The first-order chi connectivity index (χ1) is 9.38. The van der Waals surface area contributed by atoms with E-state index in [1.165, 1.54) is 0 Å². The van der Waals surface area contributed by atoms with Gasteiger partial charge in [0.15, 0.2) is 0 Å². The first-order valence-electron chi connectivity index (χ1n) is 7.29. The zero-order chi connectivity index (χ0) is 14.9. The number of carbonyl (C=O) groups is 2. The van der Waals surface area contributed by atoms with Crippen LogP contribution in [0, 0.1) is 5.92 Å². The smallest absolute Gasteiger partial charge is 0.410 e. The molecule has 2 amide bonds. The molecule has 0 aromatic carbocycles. The third kappa shape index (κ3) is 3.16. The van der Waals surface area contributed by atoms with Crippen LogP contribution >= 0.6 is 0 Å². The van der Waals surface area contributed by atoms with Gasteiger partial charge in [0.25, 0.3) is 0 Å². The molecule has 2 aliphatic rings. The van der Waals surface area contributed by atoms with Gasteiger partial charge >= 0.3 is 12.2 Å². The zero-order valence-corrected chi connectivity index (χ0v) is 12.7. The topological polar surface area (TPSA) is 59.1 Å². The Morgan fingerprint density at radius 3 is 2.05 bits per heavy atom. The van der Waals surface area contributed by atoms with Crippen LogP contribution in [0.15, 0.2) is 0 Å². The third-order valence-corrected chi connectivity index (χ3v) is 3.59. The van der Waals surface area contributed by atoms with E-state index in [9.17, 15) is 9.59 Å². The number of hydrogen-bond acceptors (Lipinski definition) is 4. The molecule has 0 aromatic rings. The SMILES string of the molecule is CC(C)COC(=O)N1CC2CC1CN2C(=O)OC(C)C. The summed E-state index contributed by atoms with van der Waals surface area (Å²) >= 11 is 0. The molecule has 2 atom stereocenters. The molecule has 114 valence electrons. The van der Waals surface area contributed by atoms with E-state index >= 15 is 0 Å². The number of likely N-dealkylation sites (tertiary alicyclic amines) is 2. The lowest BCUT2D eigenvalue weighted by atomic mass is 10.2. The van der Waals surface area contributed by atoms with E-state index in [2.05, 4.69) is 0 Å². The molecule has 2 aliphatic heterocycles. The van der Waals surface area contributed by atoms with Crippen molar-refractivity contribution in [2.24, 2.45) is 5.92 Å². The van der Waals surface area contributed by atoms with Crippen LogP contribution < -0.4 is 0 Å². The minimum atomic E-state index is -0.275. The fourth-order valence-corrected chi connectivity index (χ4v) is 2.70. The fourth-order valence-electron chi connectivity index (χ4n) is 2.70. The highest BCUT2D eigenvalue weighted by Gasteiger charge is 2.48. The fraction of sp³-hybridized carbons (Fsp3) is 0.857. The summed E-state index contributed by atoms with van der Waals surface area (Å²) in [5.74, 6) is 0.330. The van der Waals surface area contributed by atoms with Crippen LogP contribution in [0.3, 0.4) is 0 Å². The maximum atomic E-state index is 12.0. The average Bonchev–Trinajstić information content (AvgIpc) is 2.94. The highest BCUT2D eigenvalue weighted by atomic mass is 16.6. The van der Waals surface area contributed by atoms with Gasteiger partial charge in [-0.2, -0.15) is 0 Å². The van der Waals surface area contributed by atoms with Gasteiger partial charge in [0.05, 0.1) is 24.8 Å². The van der Waals surface area contributed by atoms with Crippen molar-refractivity contribution in [1.29, 1.82) is 0 Å². The van der Waals surface area contributed by atoms with Crippen LogP contribution in [0.5, 0.6) is 0 Å². The lowest BCUT2D eigenvalue weighted by molar-refractivity contribution is 0.0449. The molecule has 2 saturated heterocycles. The summed E-state index contributed by atoms with van der Waals surface area (Å²) in [6, 6.07) is 0.136. The number of fused-ring (bicyclic) bond motifs is 2. The van der Waals surface area contributed by atoms with Crippen LogP contribution in [0.2, 0.25) is 0 Å². The largest absolute Gasteiger partial charge is 0.449 e. The summed E-state index contributed by atoms with van der Waals surface area (Å²) < 4.78 is 10.5. The predicted molar refractivity (Wildman–Crippen MR) is 73.4 cm³/mol. The zero-order valence-electron chi connectivity index (χ0n) is 12.7. The molecule has 0 N–H and O–H groups in total. The van der Waals surface area contributed by atoms with E-state index in [0.717, 1.165) is 6.42 Å². The molecule has 0 aliphatic carbocycles. The van der Waals surface area contributed by atoms with E-state index in [1.807, 2.05) is 27.7 Å². The molecule has 2 fully saturated rings. The van der Waals surface area contributed by atoms with E-state index < -0.39 is 0 Å². The van der Waals surface area contributed by atoms with E-state index in [0.29, 0.717) is 25.6 Å². The van der Waals surface area contributed by atoms with Crippen LogP contribution in [0.4, 0.5) is 9.59 Å². The Labute approximate surface area is 120 Å². The molecular formula is C14H24N2O4. The Morgan fingerprint density at radius 1 is 1.05 bits per heavy atom. The third-order valence-electron chi connectivity index (χ3n) is 3.59. The molecule has 0 aromatic heterocycles. The number of nitrogens with zero attached hydrogens (tertiary/aromatic N) is 2. The number of rotatable bonds is 3. The number of hydrogen-bond donors (Lipinski definition) is 0. The summed E-state index contributed by atoms with van der Waals surface area (Å²) in [4.78, 5) is 27.3. The van der Waals surface area contributed by atoms with Crippen LogP contribution in [-0.4, -0.2) is 59.9 Å². The summed E-state index contributed by atoms with van der Waals surface area (Å²) in [5.41, 5.74) is 0. The van der Waals surface area contributed by atoms with Crippen LogP contribution in [0.25, 0.3) is 0 Å². The highest BCUT2D eigenvalue weighted by Crippen LogP contribution is 2.31. The van der Waals surface area contributed by atoms with Gasteiger partial charge in [-0.1, -0.05) is 13.8 Å². The van der Waals surface area contributed by atoms with Gasteiger partial charge < -0.3 is 19.3 Å². The first-order valence-corrected chi connectivity index (χ1v) is 7.29. The molecule has 2 bridgehead atoms. The molecular weight excluding hydrogens is 260 g/mol. The van der Waals surface area contributed by atoms with Gasteiger partial charge in [0.2, 0.25) is 0 Å². The minimum absolute atomic E-state index is 0.0675. The molecule has 20 heavy (non-hydrogen) atoms. The van der Waals surface area contributed by atoms with Crippen molar-refractivity contribution in [2.75, 3.05) is 19.7 Å². The van der Waals surface area contributed by atoms with Gasteiger partial charge in [-0.3, -0.25) is 0 Å². The highest BCUT2D eigenvalue weighted by molar-refractivity contribution is 5.72. The summed E-state index contributed by atoms with van der Waals surface area (Å²) in [6.07, 6.45) is 0.170. The normalized spacial score (nSPS) is 24.7. The Hall–Kier alpha value is -1.46. The Bertz CT molecular complexity index is 383. The second-order valence-corrected chi connectivity index (χ2v) is 6.25. The molecule has 0 saturated carbocycles. The van der Waals surface area contributed by atoms with Gasteiger partial charge in [0, 0.05) is 13.1 Å². The average molecular weight is 284 g/mol. The van der Waals surface area contributed by atoms with E-state index in [-0.39, 0.29) is 30.4 Å². The second-order valence-electron chi connectivity index (χ2n) is 6.25. The van der Waals surface area contributed by atoms with E-state index in [1.54, 1.807) is 9.80 Å². The van der Waals surface area contributed by atoms with Gasteiger partial charge in [0.1, 0.15) is 0 Å². The van der Waals surface area contributed by atoms with Crippen LogP contribution in [-0.2, 0) is 9.47 Å². The summed E-state index contributed by atoms with van der Waals surface area (Å²) in [5, 5.41) is 0.